The van der Waals surface area contributed by atoms with E-state index in [1.54, 1.807) is 33.5 Å². The minimum absolute atomic E-state index is 0.00634. The van der Waals surface area contributed by atoms with Gasteiger partial charge in [0.15, 0.2) is 11.5 Å². The number of carbonyl (C=O) groups excluding carboxylic acids is 1. The summed E-state index contributed by atoms with van der Waals surface area (Å²) in [7, 11) is 4.69. The van der Waals surface area contributed by atoms with Crippen LogP contribution < -0.4 is 19.5 Å². The largest absolute Gasteiger partial charge is 0.496 e. The number of amides is 1. The molecule has 2 aliphatic rings. The van der Waals surface area contributed by atoms with Crippen LogP contribution in [0.4, 0.5) is 0 Å². The van der Waals surface area contributed by atoms with Crippen LogP contribution in [-0.2, 0) is 0 Å². The van der Waals surface area contributed by atoms with Gasteiger partial charge in [0.05, 0.1) is 26.9 Å². The molecular weight excluding hydrogens is 296 g/mol. The third-order valence-electron chi connectivity index (χ3n) is 4.93. The molecular formula is C17H24N2O4. The highest BCUT2D eigenvalue weighted by Crippen LogP contribution is 2.36. The summed E-state index contributed by atoms with van der Waals surface area (Å²) in [6.45, 7) is 3.66. The molecule has 1 aromatic rings. The minimum atomic E-state index is -0.00634. The summed E-state index contributed by atoms with van der Waals surface area (Å²) in [4.78, 5) is 14.9. The van der Waals surface area contributed by atoms with Crippen LogP contribution >= 0.6 is 0 Å². The SMILES string of the molecule is COc1cc(OC)c(C(=O)N2CC[C@H]3CNC[C@H]3C2)cc1OC. The standard InChI is InChI=1S/C17H24N2O4/c1-21-14-7-16(23-3)15(22-2)6-13(14)17(20)19-5-4-11-8-18-9-12(11)10-19/h6-7,11-12,18H,4-5,8-10H2,1-3H3/t11-,12-/m0/s1. The van der Waals surface area contributed by atoms with Crippen molar-refractivity contribution in [3.63, 3.8) is 0 Å². The zero-order valence-electron chi connectivity index (χ0n) is 13.9. The van der Waals surface area contributed by atoms with E-state index in [1.807, 2.05) is 4.90 Å². The van der Waals surface area contributed by atoms with Crippen LogP contribution in [0.25, 0.3) is 0 Å². The maximum Gasteiger partial charge on any atom is 0.257 e. The number of likely N-dealkylation sites (tertiary alicyclic amines) is 1. The summed E-state index contributed by atoms with van der Waals surface area (Å²) in [5.41, 5.74) is 0.523. The van der Waals surface area contributed by atoms with Crippen molar-refractivity contribution in [2.75, 3.05) is 47.5 Å². The van der Waals surface area contributed by atoms with E-state index < -0.39 is 0 Å². The summed E-state index contributed by atoms with van der Waals surface area (Å²) >= 11 is 0. The molecule has 23 heavy (non-hydrogen) atoms. The predicted molar refractivity (Wildman–Crippen MR) is 86.5 cm³/mol. The van der Waals surface area contributed by atoms with Gasteiger partial charge < -0.3 is 24.4 Å². The monoisotopic (exact) mass is 320 g/mol. The summed E-state index contributed by atoms with van der Waals surface area (Å²) in [5, 5.41) is 3.42. The van der Waals surface area contributed by atoms with Crippen LogP contribution in [-0.4, -0.2) is 58.3 Å². The number of piperidine rings is 1. The molecule has 1 N–H and O–H groups in total. The van der Waals surface area contributed by atoms with E-state index in [9.17, 15) is 4.79 Å². The Balaban J connectivity index is 1.86. The molecule has 2 aliphatic heterocycles. The molecule has 6 heteroatoms. The van der Waals surface area contributed by atoms with Crippen molar-refractivity contribution in [1.82, 2.24) is 10.2 Å². The fourth-order valence-corrected chi connectivity index (χ4v) is 3.59. The van der Waals surface area contributed by atoms with E-state index in [1.165, 1.54) is 0 Å². The van der Waals surface area contributed by atoms with E-state index in [-0.39, 0.29) is 5.91 Å². The first kappa shape index (κ1) is 15.9. The van der Waals surface area contributed by atoms with Crippen LogP contribution in [0.5, 0.6) is 17.2 Å². The number of methoxy groups -OCH3 is 3. The van der Waals surface area contributed by atoms with E-state index in [2.05, 4.69) is 5.32 Å². The smallest absolute Gasteiger partial charge is 0.257 e. The number of hydrogen-bond donors (Lipinski definition) is 1. The third kappa shape index (κ3) is 2.95. The van der Waals surface area contributed by atoms with Gasteiger partial charge in [0.2, 0.25) is 0 Å². The highest BCUT2D eigenvalue weighted by molar-refractivity contribution is 5.98. The Morgan fingerprint density at radius 2 is 1.70 bits per heavy atom. The Bertz CT molecular complexity index is 590. The maximum absolute atomic E-state index is 13.0. The van der Waals surface area contributed by atoms with Crippen molar-refractivity contribution in [3.05, 3.63) is 17.7 Å². The first-order valence-corrected chi connectivity index (χ1v) is 7.98. The van der Waals surface area contributed by atoms with Gasteiger partial charge in [-0.15, -0.1) is 0 Å². The van der Waals surface area contributed by atoms with Gasteiger partial charge in [-0.2, -0.15) is 0 Å². The second-order valence-corrected chi connectivity index (χ2v) is 6.13. The van der Waals surface area contributed by atoms with Gasteiger partial charge in [0.1, 0.15) is 5.75 Å². The Morgan fingerprint density at radius 1 is 1.04 bits per heavy atom. The molecule has 2 fully saturated rings. The van der Waals surface area contributed by atoms with E-state index >= 15 is 0 Å². The molecule has 1 aromatic carbocycles. The van der Waals surface area contributed by atoms with Crippen LogP contribution in [0.3, 0.4) is 0 Å². The fourth-order valence-electron chi connectivity index (χ4n) is 3.59. The zero-order chi connectivity index (χ0) is 16.4. The lowest BCUT2D eigenvalue weighted by atomic mass is 9.88. The van der Waals surface area contributed by atoms with Crippen molar-refractivity contribution in [1.29, 1.82) is 0 Å². The summed E-state index contributed by atoms with van der Waals surface area (Å²) in [6.07, 6.45) is 1.05. The number of benzene rings is 1. The molecule has 0 saturated carbocycles. The van der Waals surface area contributed by atoms with E-state index in [0.717, 1.165) is 32.6 Å². The second kappa shape index (κ2) is 6.66. The van der Waals surface area contributed by atoms with Crippen LogP contribution in [0.2, 0.25) is 0 Å². The molecule has 1 amide bonds. The molecule has 126 valence electrons. The number of nitrogens with zero attached hydrogens (tertiary/aromatic N) is 1. The van der Waals surface area contributed by atoms with Gasteiger partial charge in [0, 0.05) is 25.2 Å². The molecule has 3 rings (SSSR count). The zero-order valence-corrected chi connectivity index (χ0v) is 13.9. The summed E-state index contributed by atoms with van der Waals surface area (Å²) < 4.78 is 16.0. The number of ether oxygens (including phenoxy) is 3. The summed E-state index contributed by atoms with van der Waals surface area (Å²) in [6, 6.07) is 3.41. The van der Waals surface area contributed by atoms with Crippen molar-refractivity contribution >= 4 is 5.91 Å². The highest BCUT2D eigenvalue weighted by Gasteiger charge is 2.35. The molecule has 0 radical (unpaired) electrons. The Morgan fingerprint density at radius 3 is 2.39 bits per heavy atom. The van der Waals surface area contributed by atoms with Gasteiger partial charge in [-0.25, -0.2) is 0 Å². The normalized spacial score (nSPS) is 23.3. The number of hydrogen-bond acceptors (Lipinski definition) is 5. The Kier molecular flexibility index (Phi) is 4.61. The first-order valence-electron chi connectivity index (χ1n) is 7.98. The predicted octanol–water partition coefficient (Wildman–Crippen LogP) is 1.39. The fraction of sp³-hybridized carbons (Fsp3) is 0.588. The van der Waals surface area contributed by atoms with Crippen molar-refractivity contribution in [2.24, 2.45) is 11.8 Å². The number of carbonyl (C=O) groups is 1. The van der Waals surface area contributed by atoms with Gasteiger partial charge in [-0.3, -0.25) is 4.79 Å². The molecule has 0 unspecified atom stereocenters. The number of fused-ring (bicyclic) bond motifs is 1. The molecule has 6 nitrogen and oxygen atoms in total. The Hall–Kier alpha value is -1.95. The average Bonchev–Trinajstić information content (AvgIpc) is 3.07. The molecule has 2 atom stereocenters. The maximum atomic E-state index is 13.0. The van der Waals surface area contributed by atoms with Gasteiger partial charge >= 0.3 is 0 Å². The van der Waals surface area contributed by atoms with Crippen LogP contribution in [0, 0.1) is 11.8 Å². The van der Waals surface area contributed by atoms with Crippen molar-refractivity contribution in [3.8, 4) is 17.2 Å². The minimum Gasteiger partial charge on any atom is -0.496 e. The molecule has 2 heterocycles. The lowest BCUT2D eigenvalue weighted by molar-refractivity contribution is 0.0638. The summed E-state index contributed by atoms with van der Waals surface area (Å²) in [5.74, 6) is 2.85. The number of nitrogens with one attached hydrogen (secondary N) is 1. The highest BCUT2D eigenvalue weighted by atomic mass is 16.5. The topological polar surface area (TPSA) is 60.0 Å². The van der Waals surface area contributed by atoms with Crippen LogP contribution in [0.15, 0.2) is 12.1 Å². The first-order chi connectivity index (χ1) is 11.2. The average molecular weight is 320 g/mol. The second-order valence-electron chi connectivity index (χ2n) is 6.13. The van der Waals surface area contributed by atoms with Gasteiger partial charge in [0.25, 0.3) is 5.91 Å². The molecule has 2 saturated heterocycles. The van der Waals surface area contributed by atoms with Crippen molar-refractivity contribution in [2.45, 2.75) is 6.42 Å². The number of rotatable bonds is 4. The molecule has 0 spiro atoms. The van der Waals surface area contributed by atoms with Gasteiger partial charge in [-0.1, -0.05) is 0 Å². The molecule has 0 aromatic heterocycles. The third-order valence-corrected chi connectivity index (χ3v) is 4.93. The lowest BCUT2D eigenvalue weighted by Gasteiger charge is -2.34. The van der Waals surface area contributed by atoms with Crippen molar-refractivity contribution < 1.29 is 19.0 Å². The molecule has 0 aliphatic carbocycles. The Labute approximate surface area is 136 Å². The van der Waals surface area contributed by atoms with E-state index in [4.69, 9.17) is 14.2 Å². The van der Waals surface area contributed by atoms with Gasteiger partial charge in [-0.05, 0) is 31.3 Å². The molecule has 0 bridgehead atoms. The lowest BCUT2D eigenvalue weighted by Crippen LogP contribution is -2.43. The van der Waals surface area contributed by atoms with Crippen LogP contribution in [0.1, 0.15) is 16.8 Å². The van der Waals surface area contributed by atoms with E-state index in [0.29, 0.717) is 34.6 Å². The quantitative estimate of drug-likeness (QED) is 0.908.